The number of carboxylic acid groups (broad SMARTS) is 1. The van der Waals surface area contributed by atoms with Gasteiger partial charge in [-0.15, -0.1) is 0 Å². The third kappa shape index (κ3) is 3.61. The zero-order valence-electron chi connectivity index (χ0n) is 20.2. The fourth-order valence-corrected chi connectivity index (χ4v) is 6.26. The minimum Gasteiger partial charge on any atom is -0.481 e. The molecule has 2 aliphatic rings. The maximum absolute atomic E-state index is 16.3. The summed E-state index contributed by atoms with van der Waals surface area (Å²) >= 11 is 0. The van der Waals surface area contributed by atoms with Crippen molar-refractivity contribution in [1.82, 2.24) is 14.8 Å². The Morgan fingerprint density at radius 2 is 1.81 bits per heavy atom. The number of hydrogen-bond donors (Lipinski definition) is 2. The van der Waals surface area contributed by atoms with Crippen molar-refractivity contribution in [2.75, 3.05) is 13.2 Å². The number of rotatable bonds is 4. The lowest BCUT2D eigenvalue weighted by Gasteiger charge is -2.35. The minimum absolute atomic E-state index is 0.0225. The molecule has 1 saturated carbocycles. The molecule has 0 amide bonds. The number of carboxylic acids is 1. The van der Waals surface area contributed by atoms with Crippen LogP contribution in [0, 0.1) is 17.0 Å². The number of H-pyrrole nitrogens is 1. The van der Waals surface area contributed by atoms with Crippen molar-refractivity contribution in [1.29, 1.82) is 0 Å². The quantitative estimate of drug-likeness (QED) is 0.343. The highest BCUT2D eigenvalue weighted by Gasteiger charge is 2.41. The van der Waals surface area contributed by atoms with Gasteiger partial charge in [-0.2, -0.15) is 5.10 Å². The SMILES string of the molecule is C[C@]1(C(=O)O)CC[C@H](c2c(C3CCOCC3)n(-c3ccc(F)cc3)c3cc4cn[nH]c4c(F)c32)CC1. The van der Waals surface area contributed by atoms with Gasteiger partial charge in [0.15, 0.2) is 5.82 Å². The number of nitrogens with one attached hydrogen (secondary N) is 1. The van der Waals surface area contributed by atoms with Gasteiger partial charge in [-0.3, -0.25) is 9.89 Å². The van der Waals surface area contributed by atoms with E-state index in [-0.39, 0.29) is 23.5 Å². The Hall–Kier alpha value is -3.26. The highest BCUT2D eigenvalue weighted by molar-refractivity contribution is 6.00. The Labute approximate surface area is 207 Å². The van der Waals surface area contributed by atoms with Gasteiger partial charge in [0.2, 0.25) is 0 Å². The van der Waals surface area contributed by atoms with Crippen LogP contribution in [0.4, 0.5) is 8.78 Å². The van der Waals surface area contributed by atoms with Gasteiger partial charge in [0.25, 0.3) is 0 Å². The van der Waals surface area contributed by atoms with Gasteiger partial charge in [0, 0.05) is 41.3 Å². The molecule has 1 saturated heterocycles. The average molecular weight is 494 g/mol. The Morgan fingerprint density at radius 1 is 1.11 bits per heavy atom. The first-order valence-electron chi connectivity index (χ1n) is 12.6. The van der Waals surface area contributed by atoms with Crippen molar-refractivity contribution >= 4 is 27.8 Å². The summed E-state index contributed by atoms with van der Waals surface area (Å²) in [6.07, 6.45) is 5.65. The van der Waals surface area contributed by atoms with Gasteiger partial charge in [0.1, 0.15) is 11.3 Å². The second-order valence-electron chi connectivity index (χ2n) is 10.6. The van der Waals surface area contributed by atoms with Crippen LogP contribution in [0.3, 0.4) is 0 Å². The van der Waals surface area contributed by atoms with Gasteiger partial charge in [-0.1, -0.05) is 0 Å². The van der Waals surface area contributed by atoms with Crippen molar-refractivity contribution in [3.05, 3.63) is 59.4 Å². The molecule has 188 valence electrons. The largest absolute Gasteiger partial charge is 0.481 e. The van der Waals surface area contributed by atoms with Crippen LogP contribution in [0.15, 0.2) is 36.5 Å². The number of halogens is 2. The van der Waals surface area contributed by atoms with Crippen molar-refractivity contribution in [3.63, 3.8) is 0 Å². The van der Waals surface area contributed by atoms with Crippen molar-refractivity contribution in [3.8, 4) is 5.69 Å². The topological polar surface area (TPSA) is 80.1 Å². The van der Waals surface area contributed by atoms with E-state index in [1.54, 1.807) is 25.3 Å². The zero-order chi connectivity index (χ0) is 25.0. The van der Waals surface area contributed by atoms with Crippen LogP contribution in [-0.4, -0.2) is 39.1 Å². The molecular weight excluding hydrogens is 464 g/mol. The van der Waals surface area contributed by atoms with Crippen LogP contribution in [0.2, 0.25) is 0 Å². The number of fused-ring (bicyclic) bond motifs is 2. The van der Waals surface area contributed by atoms with Crippen LogP contribution >= 0.6 is 0 Å². The van der Waals surface area contributed by atoms with Crippen LogP contribution in [0.5, 0.6) is 0 Å². The van der Waals surface area contributed by atoms with Crippen molar-refractivity contribution in [2.45, 2.75) is 57.3 Å². The fourth-order valence-electron chi connectivity index (χ4n) is 6.26. The predicted octanol–water partition coefficient (Wildman–Crippen LogP) is 6.43. The van der Waals surface area contributed by atoms with Gasteiger partial charge in [-0.25, -0.2) is 8.78 Å². The number of ether oxygens (including phenoxy) is 1. The van der Waals surface area contributed by atoms with E-state index >= 15 is 4.39 Å². The lowest BCUT2D eigenvalue weighted by atomic mass is 9.69. The second-order valence-corrected chi connectivity index (χ2v) is 10.6. The number of aromatic nitrogens is 3. The molecule has 36 heavy (non-hydrogen) atoms. The summed E-state index contributed by atoms with van der Waals surface area (Å²) in [5.74, 6) is -1.27. The number of benzene rings is 2. The maximum Gasteiger partial charge on any atom is 0.309 e. The van der Waals surface area contributed by atoms with E-state index in [0.29, 0.717) is 55.2 Å². The Morgan fingerprint density at radius 3 is 2.47 bits per heavy atom. The summed E-state index contributed by atoms with van der Waals surface area (Å²) in [5.41, 5.74) is 3.12. The first-order valence-corrected chi connectivity index (χ1v) is 12.6. The molecule has 6 rings (SSSR count). The normalized spacial score (nSPS) is 23.5. The summed E-state index contributed by atoms with van der Waals surface area (Å²) in [5, 5.41) is 17.9. The molecule has 8 heteroatoms. The molecule has 4 aromatic rings. The molecule has 1 aliphatic heterocycles. The first-order chi connectivity index (χ1) is 17.4. The third-order valence-electron chi connectivity index (χ3n) is 8.39. The van der Waals surface area contributed by atoms with E-state index in [2.05, 4.69) is 14.8 Å². The number of nitrogens with zero attached hydrogens (tertiary/aromatic N) is 2. The maximum atomic E-state index is 16.3. The summed E-state index contributed by atoms with van der Waals surface area (Å²) in [7, 11) is 0. The molecule has 0 atom stereocenters. The molecule has 2 fully saturated rings. The fraction of sp³-hybridized carbons (Fsp3) is 0.429. The standard InChI is InChI=1S/C28H29F2N3O3/c1-28(27(34)35)10-6-16(7-11-28)22-23-21(14-18-15-31-32-25(18)24(23)30)33(20-4-2-19(29)3-5-20)26(22)17-8-12-36-13-9-17/h2-5,14-17H,6-13H2,1H3,(H,31,32)(H,34,35)/t16-,28-. The first kappa shape index (κ1) is 23.2. The van der Waals surface area contributed by atoms with Crippen LogP contribution < -0.4 is 0 Å². The van der Waals surface area contributed by atoms with E-state index in [0.717, 1.165) is 35.3 Å². The monoisotopic (exact) mass is 493 g/mol. The second kappa shape index (κ2) is 8.69. The molecule has 2 N–H and O–H groups in total. The van der Waals surface area contributed by atoms with E-state index in [1.807, 2.05) is 6.07 Å². The van der Waals surface area contributed by atoms with Crippen LogP contribution in [0.25, 0.3) is 27.5 Å². The molecule has 2 aromatic carbocycles. The molecule has 0 unspecified atom stereocenters. The Balaban J connectivity index is 1.64. The predicted molar refractivity (Wildman–Crippen MR) is 133 cm³/mol. The van der Waals surface area contributed by atoms with Crippen LogP contribution in [0.1, 0.15) is 68.5 Å². The highest BCUT2D eigenvalue weighted by atomic mass is 19.1. The number of carbonyl (C=O) groups is 1. The van der Waals surface area contributed by atoms with E-state index in [9.17, 15) is 14.3 Å². The number of aromatic amines is 1. The third-order valence-corrected chi connectivity index (χ3v) is 8.39. The molecule has 0 bridgehead atoms. The lowest BCUT2D eigenvalue weighted by Crippen LogP contribution is -2.32. The zero-order valence-corrected chi connectivity index (χ0v) is 20.2. The van der Waals surface area contributed by atoms with Crippen molar-refractivity contribution < 1.29 is 23.4 Å². The van der Waals surface area contributed by atoms with Gasteiger partial charge in [0.05, 0.1) is 17.1 Å². The van der Waals surface area contributed by atoms with Crippen molar-refractivity contribution in [2.24, 2.45) is 5.41 Å². The molecule has 0 spiro atoms. The smallest absolute Gasteiger partial charge is 0.309 e. The lowest BCUT2D eigenvalue weighted by molar-refractivity contribution is -0.149. The van der Waals surface area contributed by atoms with Gasteiger partial charge >= 0.3 is 5.97 Å². The summed E-state index contributed by atoms with van der Waals surface area (Å²) in [4.78, 5) is 11.9. The summed E-state index contributed by atoms with van der Waals surface area (Å²) in [6.45, 7) is 3.06. The molecule has 2 aromatic heterocycles. The van der Waals surface area contributed by atoms with Crippen LogP contribution in [-0.2, 0) is 9.53 Å². The Bertz CT molecular complexity index is 1440. The van der Waals surface area contributed by atoms with Gasteiger partial charge < -0.3 is 14.4 Å². The summed E-state index contributed by atoms with van der Waals surface area (Å²) in [6, 6.07) is 8.29. The average Bonchev–Trinajstić information content (AvgIpc) is 3.49. The summed E-state index contributed by atoms with van der Waals surface area (Å²) < 4.78 is 37.9. The van der Waals surface area contributed by atoms with E-state index in [4.69, 9.17) is 4.74 Å². The minimum atomic E-state index is -0.773. The van der Waals surface area contributed by atoms with Gasteiger partial charge in [-0.05, 0) is 87.3 Å². The number of hydrogen-bond acceptors (Lipinski definition) is 3. The molecule has 6 nitrogen and oxygen atoms in total. The van der Waals surface area contributed by atoms with E-state index in [1.165, 1.54) is 12.1 Å². The van der Waals surface area contributed by atoms with E-state index < -0.39 is 11.4 Å². The molecule has 0 radical (unpaired) electrons. The highest BCUT2D eigenvalue weighted by Crippen LogP contribution is 2.50. The molecule has 3 heterocycles. The number of aliphatic carboxylic acids is 1. The molecule has 1 aliphatic carbocycles. The Kier molecular flexibility index (Phi) is 5.59. The molecular formula is C28H29F2N3O3.